The number of nitrogens with one attached hydrogen (secondary N) is 3. The lowest BCUT2D eigenvalue weighted by Crippen LogP contribution is -2.35. The third kappa shape index (κ3) is 2.32. The van der Waals surface area contributed by atoms with Crippen molar-refractivity contribution in [3.63, 3.8) is 0 Å². The molecular weight excluding hydrogens is 294 g/mol. The first kappa shape index (κ1) is 13.8. The molecule has 0 atom stereocenters. The standard InChI is InChI=1S/C17H15N3O3/c21-14-5-4-10(9-18-14)17(6-7-17)20-16(23)11-2-1-3-13-12(11)8-15(22)19-13/h1-5,9H,6-8H2,(H,18,21)(H,19,22)(H,20,23). The number of benzene rings is 1. The van der Waals surface area contributed by atoms with Crippen LogP contribution in [0.3, 0.4) is 0 Å². The van der Waals surface area contributed by atoms with E-state index in [-0.39, 0.29) is 23.8 Å². The predicted octanol–water partition coefficient (Wildman–Crippen LogP) is 1.29. The number of pyridine rings is 1. The lowest BCUT2D eigenvalue weighted by Gasteiger charge is -2.18. The van der Waals surface area contributed by atoms with Gasteiger partial charge in [0.2, 0.25) is 11.5 Å². The van der Waals surface area contributed by atoms with Crippen LogP contribution in [-0.2, 0) is 16.8 Å². The summed E-state index contributed by atoms with van der Waals surface area (Å²) in [6, 6.07) is 8.50. The van der Waals surface area contributed by atoms with Crippen LogP contribution in [0.25, 0.3) is 0 Å². The zero-order valence-electron chi connectivity index (χ0n) is 12.3. The summed E-state index contributed by atoms with van der Waals surface area (Å²) < 4.78 is 0. The number of hydrogen-bond donors (Lipinski definition) is 3. The minimum Gasteiger partial charge on any atom is -0.342 e. The molecule has 0 unspecified atom stereocenters. The van der Waals surface area contributed by atoms with E-state index in [1.54, 1.807) is 30.5 Å². The van der Waals surface area contributed by atoms with Crippen molar-refractivity contribution in [3.8, 4) is 0 Å². The number of carbonyl (C=O) groups excluding carboxylic acids is 2. The summed E-state index contributed by atoms with van der Waals surface area (Å²) in [4.78, 5) is 38.1. The monoisotopic (exact) mass is 309 g/mol. The Morgan fingerprint density at radius 3 is 2.65 bits per heavy atom. The lowest BCUT2D eigenvalue weighted by atomic mass is 10.0. The average Bonchev–Trinajstić information content (AvgIpc) is 3.20. The topological polar surface area (TPSA) is 91.1 Å². The maximum atomic E-state index is 12.7. The van der Waals surface area contributed by atoms with E-state index in [4.69, 9.17) is 0 Å². The van der Waals surface area contributed by atoms with Crippen LogP contribution >= 0.6 is 0 Å². The zero-order chi connectivity index (χ0) is 16.0. The van der Waals surface area contributed by atoms with Crippen molar-refractivity contribution in [1.82, 2.24) is 10.3 Å². The van der Waals surface area contributed by atoms with E-state index in [0.29, 0.717) is 11.3 Å². The molecular formula is C17H15N3O3. The van der Waals surface area contributed by atoms with Gasteiger partial charge in [0.25, 0.3) is 5.91 Å². The van der Waals surface area contributed by atoms with Crippen molar-refractivity contribution in [2.24, 2.45) is 0 Å². The SMILES string of the molecule is O=C1Cc2c(cccc2C(=O)NC2(c3ccc(=O)[nH]c3)CC2)N1. The van der Waals surface area contributed by atoms with Crippen molar-refractivity contribution in [3.05, 3.63) is 63.6 Å². The molecule has 0 saturated heterocycles. The van der Waals surface area contributed by atoms with Crippen molar-refractivity contribution >= 4 is 17.5 Å². The fraction of sp³-hybridized carbons (Fsp3) is 0.235. The molecule has 1 fully saturated rings. The molecule has 2 aliphatic rings. The molecule has 1 aromatic carbocycles. The van der Waals surface area contributed by atoms with Crippen LogP contribution in [0.1, 0.15) is 34.3 Å². The highest BCUT2D eigenvalue weighted by molar-refractivity contribution is 6.06. The predicted molar refractivity (Wildman–Crippen MR) is 84.2 cm³/mol. The molecule has 2 aromatic rings. The number of amides is 2. The number of carbonyl (C=O) groups is 2. The largest absolute Gasteiger partial charge is 0.342 e. The molecule has 4 rings (SSSR count). The third-order valence-corrected chi connectivity index (χ3v) is 4.47. The van der Waals surface area contributed by atoms with Crippen molar-refractivity contribution < 1.29 is 9.59 Å². The summed E-state index contributed by atoms with van der Waals surface area (Å²) >= 11 is 0. The van der Waals surface area contributed by atoms with E-state index in [1.807, 2.05) is 0 Å². The number of anilines is 1. The van der Waals surface area contributed by atoms with E-state index < -0.39 is 5.54 Å². The van der Waals surface area contributed by atoms with Crippen molar-refractivity contribution in [2.75, 3.05) is 5.32 Å². The number of rotatable bonds is 3. The molecule has 0 radical (unpaired) electrons. The molecule has 1 aliphatic heterocycles. The number of hydrogen-bond acceptors (Lipinski definition) is 3. The van der Waals surface area contributed by atoms with Gasteiger partial charge >= 0.3 is 0 Å². The van der Waals surface area contributed by atoms with E-state index in [2.05, 4.69) is 15.6 Å². The van der Waals surface area contributed by atoms with E-state index in [1.165, 1.54) is 6.07 Å². The van der Waals surface area contributed by atoms with Gasteiger partial charge in [-0.1, -0.05) is 6.07 Å². The van der Waals surface area contributed by atoms with Gasteiger partial charge in [-0.3, -0.25) is 14.4 Å². The smallest absolute Gasteiger partial charge is 0.252 e. The Kier molecular flexibility index (Phi) is 2.87. The van der Waals surface area contributed by atoms with Gasteiger partial charge in [0.15, 0.2) is 0 Å². The Morgan fingerprint density at radius 1 is 1.13 bits per heavy atom. The molecule has 6 nitrogen and oxygen atoms in total. The quantitative estimate of drug-likeness (QED) is 0.798. The molecule has 116 valence electrons. The van der Waals surface area contributed by atoms with E-state index in [0.717, 1.165) is 24.0 Å². The van der Waals surface area contributed by atoms with Crippen molar-refractivity contribution in [1.29, 1.82) is 0 Å². The summed E-state index contributed by atoms with van der Waals surface area (Å²) in [5.74, 6) is -0.288. The first-order valence-electron chi connectivity index (χ1n) is 7.51. The number of H-pyrrole nitrogens is 1. The highest BCUT2D eigenvalue weighted by Crippen LogP contribution is 2.45. The van der Waals surface area contributed by atoms with Crippen LogP contribution in [0.4, 0.5) is 5.69 Å². The van der Waals surface area contributed by atoms with Gasteiger partial charge in [-0.05, 0) is 42.2 Å². The van der Waals surface area contributed by atoms with Gasteiger partial charge in [0.1, 0.15) is 0 Å². The molecule has 3 N–H and O–H groups in total. The number of aromatic amines is 1. The van der Waals surface area contributed by atoms with Crippen LogP contribution in [0, 0.1) is 0 Å². The summed E-state index contributed by atoms with van der Waals surface area (Å²) in [6.45, 7) is 0. The van der Waals surface area contributed by atoms with Gasteiger partial charge in [-0.2, -0.15) is 0 Å². The van der Waals surface area contributed by atoms with Crippen LogP contribution in [0.15, 0.2) is 41.3 Å². The molecule has 1 saturated carbocycles. The second-order valence-corrected chi connectivity index (χ2v) is 6.03. The average molecular weight is 309 g/mol. The Balaban J connectivity index is 1.62. The zero-order valence-corrected chi connectivity index (χ0v) is 12.3. The molecule has 2 amide bonds. The first-order valence-corrected chi connectivity index (χ1v) is 7.51. The van der Waals surface area contributed by atoms with Crippen molar-refractivity contribution in [2.45, 2.75) is 24.8 Å². The van der Waals surface area contributed by atoms with Crippen LogP contribution in [0.2, 0.25) is 0 Å². The highest BCUT2D eigenvalue weighted by Gasteiger charge is 2.46. The number of fused-ring (bicyclic) bond motifs is 1. The molecule has 1 aliphatic carbocycles. The van der Waals surface area contributed by atoms with Gasteiger partial charge in [0, 0.05) is 23.5 Å². The summed E-state index contributed by atoms with van der Waals surface area (Å²) in [5.41, 5.74) is 2.29. The van der Waals surface area contributed by atoms with Gasteiger partial charge in [-0.15, -0.1) is 0 Å². The summed E-state index contributed by atoms with van der Waals surface area (Å²) in [5, 5.41) is 5.81. The molecule has 1 aromatic heterocycles. The van der Waals surface area contributed by atoms with E-state index in [9.17, 15) is 14.4 Å². The molecule has 0 spiro atoms. The maximum Gasteiger partial charge on any atom is 0.252 e. The lowest BCUT2D eigenvalue weighted by molar-refractivity contribution is -0.115. The molecule has 2 heterocycles. The Bertz CT molecular complexity index is 860. The minimum absolute atomic E-state index is 0.0954. The third-order valence-electron chi connectivity index (χ3n) is 4.47. The van der Waals surface area contributed by atoms with Gasteiger partial charge in [0.05, 0.1) is 12.0 Å². The molecule has 0 bridgehead atoms. The highest BCUT2D eigenvalue weighted by atomic mass is 16.2. The van der Waals surface area contributed by atoms with E-state index >= 15 is 0 Å². The van der Waals surface area contributed by atoms with Gasteiger partial charge < -0.3 is 15.6 Å². The minimum atomic E-state index is -0.417. The molecule has 6 heteroatoms. The molecule has 23 heavy (non-hydrogen) atoms. The normalized spacial score (nSPS) is 17.3. The Labute approximate surface area is 131 Å². The fourth-order valence-corrected chi connectivity index (χ4v) is 3.07. The van der Waals surface area contributed by atoms with Crippen LogP contribution in [0.5, 0.6) is 0 Å². The Hall–Kier alpha value is -2.89. The fourth-order valence-electron chi connectivity index (χ4n) is 3.07. The Morgan fingerprint density at radius 2 is 1.96 bits per heavy atom. The van der Waals surface area contributed by atoms with Crippen LogP contribution in [-0.4, -0.2) is 16.8 Å². The second kappa shape index (κ2) is 4.81. The summed E-state index contributed by atoms with van der Waals surface area (Å²) in [6.07, 6.45) is 3.54. The van der Waals surface area contributed by atoms with Crippen LogP contribution < -0.4 is 16.2 Å². The summed E-state index contributed by atoms with van der Waals surface area (Å²) in [7, 11) is 0. The first-order chi connectivity index (χ1) is 11.1. The maximum absolute atomic E-state index is 12.7. The second-order valence-electron chi connectivity index (χ2n) is 6.03. The van der Waals surface area contributed by atoms with Gasteiger partial charge in [-0.25, -0.2) is 0 Å². The number of aromatic nitrogens is 1.